The van der Waals surface area contributed by atoms with Gasteiger partial charge in [-0.15, -0.1) is 0 Å². The van der Waals surface area contributed by atoms with Gasteiger partial charge in [0.05, 0.1) is 6.21 Å². The number of H-pyrrole nitrogens is 1. The highest BCUT2D eigenvalue weighted by Crippen LogP contribution is 2.25. The molecule has 2 aromatic carbocycles. The van der Waals surface area contributed by atoms with E-state index in [-0.39, 0.29) is 11.2 Å². The second-order valence-corrected chi connectivity index (χ2v) is 7.18. The van der Waals surface area contributed by atoms with Gasteiger partial charge >= 0.3 is 0 Å². The molecule has 25 heavy (non-hydrogen) atoms. The van der Waals surface area contributed by atoms with Crippen LogP contribution in [0.3, 0.4) is 0 Å². The van der Waals surface area contributed by atoms with Crippen LogP contribution in [0.5, 0.6) is 5.75 Å². The molecule has 0 saturated heterocycles. The third kappa shape index (κ3) is 3.69. The highest BCUT2D eigenvalue weighted by Gasteiger charge is 2.14. The van der Waals surface area contributed by atoms with Gasteiger partial charge in [-0.3, -0.25) is 0 Å². The molecule has 0 atom stereocenters. The third-order valence-electron chi connectivity index (χ3n) is 3.91. The maximum atomic E-state index is 9.85. The normalized spacial score (nSPS) is 12.0. The van der Waals surface area contributed by atoms with Gasteiger partial charge in [-0.05, 0) is 35.3 Å². The van der Waals surface area contributed by atoms with E-state index in [2.05, 4.69) is 48.2 Å². The zero-order valence-electron chi connectivity index (χ0n) is 14.4. The van der Waals surface area contributed by atoms with E-state index in [0.717, 1.165) is 5.56 Å². The molecule has 3 aromatic rings. The van der Waals surface area contributed by atoms with E-state index in [1.165, 1.54) is 5.56 Å². The van der Waals surface area contributed by atoms with E-state index in [0.29, 0.717) is 16.2 Å². The molecule has 1 aromatic heterocycles. The first-order valence-electron chi connectivity index (χ1n) is 7.97. The largest absolute Gasteiger partial charge is 0.507 e. The maximum Gasteiger partial charge on any atom is 0.216 e. The van der Waals surface area contributed by atoms with E-state index >= 15 is 0 Å². The fourth-order valence-electron chi connectivity index (χ4n) is 2.42. The number of nitrogens with zero attached hydrogens (tertiary/aromatic N) is 3. The van der Waals surface area contributed by atoms with Crippen molar-refractivity contribution in [3.8, 4) is 17.1 Å². The number of aromatic amines is 1. The number of hydrogen-bond acceptors (Lipinski definition) is 4. The first kappa shape index (κ1) is 17.1. The Labute approximate surface area is 151 Å². The summed E-state index contributed by atoms with van der Waals surface area (Å²) < 4.78 is 1.94. The average molecular weight is 352 g/mol. The van der Waals surface area contributed by atoms with E-state index < -0.39 is 0 Å². The van der Waals surface area contributed by atoms with Gasteiger partial charge in [0.15, 0.2) is 5.82 Å². The molecule has 0 radical (unpaired) electrons. The summed E-state index contributed by atoms with van der Waals surface area (Å²) >= 11 is 5.27. The number of aromatic hydroxyl groups is 1. The molecule has 0 aliphatic heterocycles. The Bertz CT molecular complexity index is 962. The number of phenols is 1. The van der Waals surface area contributed by atoms with Gasteiger partial charge in [-0.25, -0.2) is 5.10 Å². The number of hydrogen-bond donors (Lipinski definition) is 2. The fourth-order valence-corrected chi connectivity index (χ4v) is 2.60. The maximum absolute atomic E-state index is 9.85. The van der Waals surface area contributed by atoms with Crippen molar-refractivity contribution in [1.29, 1.82) is 0 Å². The lowest BCUT2D eigenvalue weighted by Crippen LogP contribution is -2.10. The van der Waals surface area contributed by atoms with Crippen LogP contribution in [0.4, 0.5) is 0 Å². The van der Waals surface area contributed by atoms with Gasteiger partial charge < -0.3 is 5.11 Å². The summed E-state index contributed by atoms with van der Waals surface area (Å²) in [5.41, 5.74) is 2.86. The van der Waals surface area contributed by atoms with Gasteiger partial charge in [-0.1, -0.05) is 57.2 Å². The Morgan fingerprint density at radius 1 is 1.12 bits per heavy atom. The second-order valence-electron chi connectivity index (χ2n) is 6.79. The lowest BCUT2D eigenvalue weighted by Gasteiger charge is -2.18. The zero-order valence-corrected chi connectivity index (χ0v) is 15.2. The molecule has 0 aliphatic rings. The van der Waals surface area contributed by atoms with Gasteiger partial charge in [0, 0.05) is 11.1 Å². The summed E-state index contributed by atoms with van der Waals surface area (Å²) in [6, 6.07) is 15.2. The molecule has 0 fully saturated rings. The minimum absolute atomic E-state index is 0.0895. The number of aromatic nitrogens is 3. The molecule has 6 heteroatoms. The minimum Gasteiger partial charge on any atom is -0.507 e. The third-order valence-corrected chi connectivity index (χ3v) is 4.17. The van der Waals surface area contributed by atoms with Crippen molar-refractivity contribution < 1.29 is 5.11 Å². The summed E-state index contributed by atoms with van der Waals surface area (Å²) in [5, 5.41) is 21.3. The standard InChI is InChI=1S/C19H20N4OS/c1-19(2,3)15-10-8-13(9-11-15)17-21-22-18(25)23(17)20-12-14-6-4-5-7-16(14)24/h4-12,24H,1-3H3,(H,22,25)/b20-12-. The van der Waals surface area contributed by atoms with Crippen LogP contribution in [0, 0.1) is 4.77 Å². The summed E-state index contributed by atoms with van der Waals surface area (Å²) in [4.78, 5) is 0. The van der Waals surface area contributed by atoms with Crippen molar-refractivity contribution in [3.05, 3.63) is 64.4 Å². The van der Waals surface area contributed by atoms with Gasteiger partial charge in [-0.2, -0.15) is 14.9 Å². The monoisotopic (exact) mass is 352 g/mol. The topological polar surface area (TPSA) is 66.2 Å². The van der Waals surface area contributed by atoms with Crippen molar-refractivity contribution in [2.24, 2.45) is 5.10 Å². The highest BCUT2D eigenvalue weighted by molar-refractivity contribution is 7.71. The summed E-state index contributed by atoms with van der Waals surface area (Å²) in [7, 11) is 0. The van der Waals surface area contributed by atoms with Crippen LogP contribution < -0.4 is 0 Å². The molecule has 0 bridgehead atoms. The van der Waals surface area contributed by atoms with Crippen molar-refractivity contribution >= 4 is 18.4 Å². The zero-order chi connectivity index (χ0) is 18.0. The molecule has 3 rings (SSSR count). The summed E-state index contributed by atoms with van der Waals surface area (Å²) in [5.74, 6) is 0.787. The predicted octanol–water partition coefficient (Wildman–Crippen LogP) is 4.49. The van der Waals surface area contributed by atoms with Gasteiger partial charge in [0.25, 0.3) is 0 Å². The molecule has 2 N–H and O–H groups in total. The van der Waals surface area contributed by atoms with Crippen LogP contribution in [0.1, 0.15) is 31.9 Å². The van der Waals surface area contributed by atoms with Crippen molar-refractivity contribution in [2.75, 3.05) is 0 Å². The average Bonchev–Trinajstić information content (AvgIpc) is 2.94. The number of rotatable bonds is 3. The quantitative estimate of drug-likeness (QED) is 0.539. The van der Waals surface area contributed by atoms with Crippen molar-refractivity contribution in [2.45, 2.75) is 26.2 Å². The number of nitrogens with one attached hydrogen (secondary N) is 1. The molecule has 0 spiro atoms. The Morgan fingerprint density at radius 3 is 2.44 bits per heavy atom. The minimum atomic E-state index is 0.0895. The van der Waals surface area contributed by atoms with Crippen LogP contribution >= 0.6 is 12.2 Å². The molecule has 1 heterocycles. The van der Waals surface area contributed by atoms with Crippen molar-refractivity contribution in [3.63, 3.8) is 0 Å². The van der Waals surface area contributed by atoms with Crippen LogP contribution in [-0.4, -0.2) is 26.2 Å². The van der Waals surface area contributed by atoms with Crippen LogP contribution in [0.25, 0.3) is 11.4 Å². The molecule has 0 saturated carbocycles. The fraction of sp³-hybridized carbons (Fsp3) is 0.211. The summed E-state index contributed by atoms with van der Waals surface area (Å²) in [6.07, 6.45) is 1.56. The van der Waals surface area contributed by atoms with Crippen molar-refractivity contribution in [1.82, 2.24) is 14.9 Å². The predicted molar refractivity (Wildman–Crippen MR) is 103 cm³/mol. The number of phenolic OH excluding ortho intramolecular Hbond substituents is 1. The van der Waals surface area contributed by atoms with Gasteiger partial charge in [0.1, 0.15) is 5.75 Å². The molecule has 0 aliphatic carbocycles. The molecular formula is C19H20N4OS. The van der Waals surface area contributed by atoms with E-state index in [1.54, 1.807) is 29.1 Å². The smallest absolute Gasteiger partial charge is 0.216 e. The highest BCUT2D eigenvalue weighted by atomic mass is 32.1. The van der Waals surface area contributed by atoms with E-state index in [1.807, 2.05) is 18.2 Å². The lowest BCUT2D eigenvalue weighted by molar-refractivity contribution is 0.474. The molecular weight excluding hydrogens is 332 g/mol. The summed E-state index contributed by atoms with van der Waals surface area (Å²) in [6.45, 7) is 6.53. The van der Waals surface area contributed by atoms with Crippen LogP contribution in [0.2, 0.25) is 0 Å². The first-order chi connectivity index (χ1) is 11.9. The van der Waals surface area contributed by atoms with E-state index in [4.69, 9.17) is 12.2 Å². The Balaban J connectivity index is 1.97. The first-order valence-corrected chi connectivity index (χ1v) is 8.38. The second kappa shape index (κ2) is 6.64. The van der Waals surface area contributed by atoms with Crippen LogP contribution in [0.15, 0.2) is 53.6 Å². The molecule has 0 unspecified atom stereocenters. The molecule has 5 nitrogen and oxygen atoms in total. The Hall–Kier alpha value is -2.73. The SMILES string of the molecule is CC(C)(C)c1ccc(-c2n[nH]c(=S)n2/N=C\c2ccccc2O)cc1. The Morgan fingerprint density at radius 2 is 1.80 bits per heavy atom. The lowest BCUT2D eigenvalue weighted by atomic mass is 9.87. The molecule has 0 amide bonds. The molecule has 128 valence electrons. The van der Waals surface area contributed by atoms with E-state index in [9.17, 15) is 5.11 Å². The number of benzene rings is 2. The Kier molecular flexibility index (Phi) is 4.55. The van der Waals surface area contributed by atoms with Gasteiger partial charge in [0.2, 0.25) is 4.77 Å². The van der Waals surface area contributed by atoms with Crippen LogP contribution in [-0.2, 0) is 5.41 Å². The number of para-hydroxylation sites is 1.